The van der Waals surface area contributed by atoms with Crippen LogP contribution in [-0.2, 0) is 36.5 Å². The van der Waals surface area contributed by atoms with Gasteiger partial charge in [0.25, 0.3) is 0 Å². The van der Waals surface area contributed by atoms with Crippen molar-refractivity contribution in [3.05, 3.63) is 140 Å². The van der Waals surface area contributed by atoms with Gasteiger partial charge in [0.2, 0.25) is 0 Å². The summed E-state index contributed by atoms with van der Waals surface area (Å²) in [6, 6.07) is 23.9. The highest BCUT2D eigenvalue weighted by Crippen LogP contribution is 2.57. The predicted molar refractivity (Wildman–Crippen MR) is 330 cm³/mol. The molecular weight excluding hydrogens is 993 g/mol. The Balaban J connectivity index is 1.23. The molecule has 9 rings (SSSR count). The number of ether oxygens (including phenoxy) is 2. The molecule has 4 N–H and O–H groups in total. The Labute approximate surface area is 475 Å². The van der Waals surface area contributed by atoms with Crippen molar-refractivity contribution >= 4 is 47.6 Å². The molecule has 420 valence electrons. The molecule has 3 heterocycles. The quantitative estimate of drug-likeness (QED) is 0.0559. The van der Waals surface area contributed by atoms with Gasteiger partial charge in [-0.3, -0.25) is 20.0 Å². The third kappa shape index (κ3) is 12.1. The molecular formula is C70H84N4O6. The summed E-state index contributed by atoms with van der Waals surface area (Å²) in [4.78, 5) is 20.4. The first-order valence-electron chi connectivity index (χ1n) is 30.0. The van der Waals surface area contributed by atoms with Crippen LogP contribution < -0.4 is 9.47 Å². The Morgan fingerprint density at radius 1 is 0.325 bits per heavy atom. The minimum absolute atomic E-state index is 0.0908. The number of benzene rings is 6. The number of nitrogens with zero attached hydrogens (tertiary/aromatic N) is 4. The van der Waals surface area contributed by atoms with E-state index in [0.29, 0.717) is 45.0 Å². The van der Waals surface area contributed by atoms with Gasteiger partial charge in [-0.15, -0.1) is 0 Å². The van der Waals surface area contributed by atoms with Gasteiger partial charge in [0.15, 0.2) is 46.0 Å². The molecule has 0 saturated carbocycles. The lowest BCUT2D eigenvalue weighted by molar-refractivity contribution is 0.352. The van der Waals surface area contributed by atoms with Gasteiger partial charge in [0.1, 0.15) is 0 Å². The molecule has 0 atom stereocenters. The first-order valence-corrected chi connectivity index (χ1v) is 30.0. The van der Waals surface area contributed by atoms with E-state index in [0.717, 1.165) is 125 Å². The standard InChI is InChI=1S/C70H84N4O6/c1-9-13-17-21-25-45-37-57-58(38-46(45)26-22-18-14-10-2)72-42-50-30-34-54-66(62(50)76)80-68-56(70(54,7)8)36-32-52(64(68)78)44-74-60-40-48(28-24-20-16-12-4)47(27-23-19-15-11-3)39-59(60)73-43-51-31-35-55-67(63(51)77)79-65-53(69(55,5)6)33-29-49(41-71-57)61(65)75/h29-44,75-78H,9-28H2,1-8H3. The molecule has 6 aromatic carbocycles. The number of aryl methyl sites for hydroxylation is 4. The van der Waals surface area contributed by atoms with Crippen LogP contribution in [0, 0.1) is 0 Å². The molecule has 3 aliphatic heterocycles. The minimum Gasteiger partial charge on any atom is -0.504 e. The van der Waals surface area contributed by atoms with Gasteiger partial charge in [-0.1, -0.05) is 157 Å². The third-order valence-corrected chi connectivity index (χ3v) is 16.9. The van der Waals surface area contributed by atoms with Crippen molar-refractivity contribution in [1.29, 1.82) is 0 Å². The lowest BCUT2D eigenvalue weighted by Gasteiger charge is -2.35. The van der Waals surface area contributed by atoms with Gasteiger partial charge in [0.05, 0.1) is 22.7 Å². The summed E-state index contributed by atoms with van der Waals surface area (Å²) in [6.45, 7) is 17.2. The molecule has 0 fully saturated rings. The maximum Gasteiger partial charge on any atom is 0.174 e. The van der Waals surface area contributed by atoms with Gasteiger partial charge in [-0.2, -0.15) is 0 Å². The largest absolute Gasteiger partial charge is 0.504 e. The van der Waals surface area contributed by atoms with E-state index < -0.39 is 10.8 Å². The van der Waals surface area contributed by atoms with Gasteiger partial charge < -0.3 is 29.9 Å². The summed E-state index contributed by atoms with van der Waals surface area (Å²) in [5, 5.41) is 48.9. The molecule has 10 nitrogen and oxygen atoms in total. The lowest BCUT2D eigenvalue weighted by atomic mass is 9.75. The van der Waals surface area contributed by atoms with E-state index in [9.17, 15) is 20.4 Å². The molecule has 3 aliphatic rings. The minimum atomic E-state index is -0.663. The van der Waals surface area contributed by atoms with Crippen LogP contribution in [0.25, 0.3) is 0 Å². The van der Waals surface area contributed by atoms with Crippen molar-refractivity contribution in [3.63, 3.8) is 0 Å². The van der Waals surface area contributed by atoms with Crippen molar-refractivity contribution in [2.75, 3.05) is 0 Å². The van der Waals surface area contributed by atoms with Crippen LogP contribution in [0.15, 0.2) is 92.8 Å². The monoisotopic (exact) mass is 1080 g/mol. The fraction of sp³-hybridized carbons (Fsp3) is 0.429. The zero-order chi connectivity index (χ0) is 56.6. The molecule has 10 heteroatoms. The zero-order valence-corrected chi connectivity index (χ0v) is 48.8. The Morgan fingerprint density at radius 2 is 0.550 bits per heavy atom. The number of rotatable bonds is 20. The predicted octanol–water partition coefficient (Wildman–Crippen LogP) is 19.2. The van der Waals surface area contributed by atoms with Crippen molar-refractivity contribution in [2.45, 2.75) is 195 Å². The van der Waals surface area contributed by atoms with E-state index in [2.05, 4.69) is 79.7 Å². The molecule has 0 amide bonds. The SMILES string of the molecule is CCCCCCc1cc2c(cc1CCCCCC)N=Cc1ccc3c(c1O)Oc1c(ccc(c1O)C=Nc1cc(CCCCCC)c(CCCCCC)cc1N=Cc1ccc4c(c1O)Oc1c(ccc(c1O)C=N2)C4(C)C)C3(C)C. The summed E-state index contributed by atoms with van der Waals surface area (Å²) in [5.41, 5.74) is 10.9. The lowest BCUT2D eigenvalue weighted by Crippen LogP contribution is -2.24. The molecule has 80 heavy (non-hydrogen) atoms. The molecule has 0 radical (unpaired) electrons. The number of hydrogen-bond acceptors (Lipinski definition) is 10. The van der Waals surface area contributed by atoms with Crippen molar-refractivity contribution in [1.82, 2.24) is 0 Å². The first kappa shape index (κ1) is 57.5. The van der Waals surface area contributed by atoms with Gasteiger partial charge >= 0.3 is 0 Å². The molecule has 0 aliphatic carbocycles. The summed E-state index contributed by atoms with van der Waals surface area (Å²) in [6.07, 6.45) is 28.3. The molecule has 0 spiro atoms. The smallest absolute Gasteiger partial charge is 0.174 e. The normalized spacial score (nSPS) is 14.4. The Kier molecular flexibility index (Phi) is 18.3. The molecule has 6 aromatic rings. The number of fused-ring (bicyclic) bond motifs is 6. The fourth-order valence-electron chi connectivity index (χ4n) is 11.8. The number of aliphatic imine (C=N–C) groups is 4. The van der Waals surface area contributed by atoms with Gasteiger partial charge in [-0.05, 0) is 122 Å². The first-order chi connectivity index (χ1) is 38.7. The summed E-state index contributed by atoms with van der Waals surface area (Å²) < 4.78 is 13.2. The number of phenols is 4. The summed E-state index contributed by atoms with van der Waals surface area (Å²) in [7, 11) is 0. The average Bonchev–Trinajstić information content (AvgIpc) is 3.50. The van der Waals surface area contributed by atoms with Crippen LogP contribution in [0.1, 0.15) is 225 Å². The van der Waals surface area contributed by atoms with Crippen LogP contribution >= 0.6 is 0 Å². The molecule has 0 aromatic heterocycles. The van der Waals surface area contributed by atoms with Gasteiger partial charge in [-0.25, -0.2) is 0 Å². The second-order valence-corrected chi connectivity index (χ2v) is 23.5. The maximum absolute atomic E-state index is 12.2. The van der Waals surface area contributed by atoms with Crippen LogP contribution in [0.5, 0.6) is 46.0 Å². The zero-order valence-electron chi connectivity index (χ0n) is 48.8. The summed E-state index contributed by atoms with van der Waals surface area (Å²) in [5.74, 6) is 0.641. The Morgan fingerprint density at radius 3 is 0.762 bits per heavy atom. The average molecular weight is 1080 g/mol. The van der Waals surface area contributed by atoms with E-state index in [1.165, 1.54) is 47.9 Å². The highest BCUT2D eigenvalue weighted by atomic mass is 16.5. The topological polar surface area (TPSA) is 149 Å². The summed E-state index contributed by atoms with van der Waals surface area (Å²) >= 11 is 0. The van der Waals surface area contributed by atoms with Crippen LogP contribution in [0.4, 0.5) is 22.7 Å². The van der Waals surface area contributed by atoms with Crippen molar-refractivity contribution in [2.24, 2.45) is 20.0 Å². The Hall–Kier alpha value is -7.20. The number of phenolic OH excluding ortho intramolecular Hbond substituents is 4. The maximum atomic E-state index is 12.2. The number of hydrogen-bond donors (Lipinski definition) is 4. The van der Waals surface area contributed by atoms with Crippen molar-refractivity contribution in [3.8, 4) is 46.0 Å². The van der Waals surface area contributed by atoms with Crippen LogP contribution in [0.2, 0.25) is 0 Å². The van der Waals surface area contributed by atoms with E-state index in [1.807, 2.05) is 48.5 Å². The van der Waals surface area contributed by atoms with Crippen molar-refractivity contribution < 1.29 is 29.9 Å². The highest BCUT2D eigenvalue weighted by molar-refractivity contribution is 5.94. The molecule has 0 unspecified atom stereocenters. The highest BCUT2D eigenvalue weighted by Gasteiger charge is 2.40. The van der Waals surface area contributed by atoms with Crippen LogP contribution in [-0.4, -0.2) is 45.3 Å². The van der Waals surface area contributed by atoms with E-state index in [-0.39, 0.29) is 46.0 Å². The fourth-order valence-corrected chi connectivity index (χ4v) is 11.8. The van der Waals surface area contributed by atoms with E-state index in [4.69, 9.17) is 29.4 Å². The van der Waals surface area contributed by atoms with E-state index >= 15 is 0 Å². The van der Waals surface area contributed by atoms with Gasteiger partial charge in [0, 0.05) is 80.2 Å². The molecule has 0 saturated heterocycles. The van der Waals surface area contributed by atoms with E-state index in [1.54, 1.807) is 24.9 Å². The third-order valence-electron chi connectivity index (χ3n) is 16.9. The second kappa shape index (κ2) is 25.5. The Bertz CT molecular complexity index is 2910. The second-order valence-electron chi connectivity index (χ2n) is 23.5. The van der Waals surface area contributed by atoms with Crippen LogP contribution in [0.3, 0.4) is 0 Å². The number of unbranched alkanes of at least 4 members (excludes halogenated alkanes) is 12. The molecule has 8 bridgehead atoms. The number of aromatic hydroxyl groups is 4.